The fourth-order valence-corrected chi connectivity index (χ4v) is 1.40. The highest BCUT2D eigenvalue weighted by atomic mass is 16.5. The lowest BCUT2D eigenvalue weighted by Gasteiger charge is -2.14. The van der Waals surface area contributed by atoms with E-state index in [1.807, 2.05) is 12.1 Å². The van der Waals surface area contributed by atoms with Crippen molar-refractivity contribution in [3.63, 3.8) is 0 Å². The summed E-state index contributed by atoms with van der Waals surface area (Å²) in [7, 11) is 1.45. The SMILES string of the molecule is COCC(Oc1ccc(C(C)C)cc1)C(=O)O. The van der Waals surface area contributed by atoms with Gasteiger partial charge in [0.25, 0.3) is 0 Å². The van der Waals surface area contributed by atoms with E-state index in [1.54, 1.807) is 12.1 Å². The van der Waals surface area contributed by atoms with Crippen LogP contribution in [0.5, 0.6) is 5.75 Å². The molecule has 1 aromatic rings. The number of ether oxygens (including phenoxy) is 2. The summed E-state index contributed by atoms with van der Waals surface area (Å²) in [5, 5.41) is 8.90. The third-order valence-corrected chi connectivity index (χ3v) is 2.42. The summed E-state index contributed by atoms with van der Waals surface area (Å²) < 4.78 is 10.1. The number of carbonyl (C=O) groups is 1. The minimum atomic E-state index is -1.03. The molecule has 0 aromatic heterocycles. The first-order valence-electron chi connectivity index (χ1n) is 5.53. The van der Waals surface area contributed by atoms with E-state index in [4.69, 9.17) is 14.6 Å². The number of aliphatic carboxylic acids is 1. The molecule has 0 aliphatic carbocycles. The number of rotatable bonds is 6. The van der Waals surface area contributed by atoms with Gasteiger partial charge in [0, 0.05) is 7.11 Å². The van der Waals surface area contributed by atoms with Gasteiger partial charge in [-0.2, -0.15) is 0 Å². The van der Waals surface area contributed by atoms with Crippen LogP contribution in [0.1, 0.15) is 25.3 Å². The Morgan fingerprint density at radius 1 is 1.29 bits per heavy atom. The van der Waals surface area contributed by atoms with E-state index in [2.05, 4.69) is 13.8 Å². The van der Waals surface area contributed by atoms with Crippen LogP contribution in [0.15, 0.2) is 24.3 Å². The van der Waals surface area contributed by atoms with Crippen LogP contribution >= 0.6 is 0 Å². The molecule has 1 N–H and O–H groups in total. The molecule has 17 heavy (non-hydrogen) atoms. The monoisotopic (exact) mass is 238 g/mol. The molecule has 0 amide bonds. The largest absolute Gasteiger partial charge is 0.478 e. The van der Waals surface area contributed by atoms with Crippen molar-refractivity contribution in [1.82, 2.24) is 0 Å². The Balaban J connectivity index is 2.70. The minimum Gasteiger partial charge on any atom is -0.478 e. The Bertz CT molecular complexity index is 356. The van der Waals surface area contributed by atoms with Crippen LogP contribution in [0.25, 0.3) is 0 Å². The number of hydrogen-bond donors (Lipinski definition) is 1. The third kappa shape index (κ3) is 4.07. The molecule has 0 fully saturated rings. The fourth-order valence-electron chi connectivity index (χ4n) is 1.40. The van der Waals surface area contributed by atoms with Gasteiger partial charge >= 0.3 is 5.97 Å². The van der Waals surface area contributed by atoms with Gasteiger partial charge < -0.3 is 14.6 Å². The van der Waals surface area contributed by atoms with E-state index in [1.165, 1.54) is 12.7 Å². The molecule has 0 radical (unpaired) electrons. The zero-order valence-electron chi connectivity index (χ0n) is 10.3. The Morgan fingerprint density at radius 2 is 1.88 bits per heavy atom. The molecule has 94 valence electrons. The van der Waals surface area contributed by atoms with Crippen LogP contribution in [0.2, 0.25) is 0 Å². The number of carboxylic acid groups (broad SMARTS) is 1. The number of carboxylic acids is 1. The first-order chi connectivity index (χ1) is 8.04. The van der Waals surface area contributed by atoms with E-state index >= 15 is 0 Å². The van der Waals surface area contributed by atoms with Gasteiger partial charge in [-0.3, -0.25) is 0 Å². The summed E-state index contributed by atoms with van der Waals surface area (Å²) in [6, 6.07) is 7.43. The van der Waals surface area contributed by atoms with E-state index in [0.29, 0.717) is 11.7 Å². The van der Waals surface area contributed by atoms with E-state index < -0.39 is 12.1 Å². The molecular weight excluding hydrogens is 220 g/mol. The third-order valence-electron chi connectivity index (χ3n) is 2.42. The van der Waals surface area contributed by atoms with Gasteiger partial charge in [0.1, 0.15) is 5.75 Å². The van der Waals surface area contributed by atoms with Gasteiger partial charge in [-0.1, -0.05) is 26.0 Å². The molecule has 0 saturated carbocycles. The van der Waals surface area contributed by atoms with Gasteiger partial charge in [-0.15, -0.1) is 0 Å². The summed E-state index contributed by atoms with van der Waals surface area (Å²) in [6.07, 6.45) is -0.968. The summed E-state index contributed by atoms with van der Waals surface area (Å²) in [5.41, 5.74) is 1.19. The predicted octanol–water partition coefficient (Wildman–Crippen LogP) is 2.29. The maximum Gasteiger partial charge on any atom is 0.347 e. The molecule has 1 rings (SSSR count). The van der Waals surface area contributed by atoms with Crippen molar-refractivity contribution in [3.8, 4) is 5.75 Å². The van der Waals surface area contributed by atoms with Crippen molar-refractivity contribution in [1.29, 1.82) is 0 Å². The van der Waals surface area contributed by atoms with Gasteiger partial charge in [-0.25, -0.2) is 4.79 Å². The topological polar surface area (TPSA) is 55.8 Å². The van der Waals surface area contributed by atoms with Crippen molar-refractivity contribution in [2.45, 2.75) is 25.9 Å². The summed E-state index contributed by atoms with van der Waals surface area (Å²) >= 11 is 0. The second kappa shape index (κ2) is 6.25. The highest BCUT2D eigenvalue weighted by Gasteiger charge is 2.18. The maximum atomic E-state index is 10.9. The second-order valence-electron chi connectivity index (χ2n) is 4.12. The molecule has 0 bridgehead atoms. The molecular formula is C13H18O4. The molecule has 1 unspecified atom stereocenters. The molecule has 0 aliphatic heterocycles. The van der Waals surface area contributed by atoms with Crippen molar-refractivity contribution >= 4 is 5.97 Å². The van der Waals surface area contributed by atoms with Crippen LogP contribution in [-0.4, -0.2) is 30.9 Å². The van der Waals surface area contributed by atoms with Gasteiger partial charge in [-0.05, 0) is 23.6 Å². The molecule has 0 saturated heterocycles. The lowest BCUT2D eigenvalue weighted by Crippen LogP contribution is -2.31. The molecule has 4 nitrogen and oxygen atoms in total. The first-order valence-corrected chi connectivity index (χ1v) is 5.53. The Labute approximate surface area is 101 Å². The zero-order valence-corrected chi connectivity index (χ0v) is 10.3. The predicted molar refractivity (Wildman–Crippen MR) is 64.5 cm³/mol. The van der Waals surface area contributed by atoms with Gasteiger partial charge in [0.2, 0.25) is 6.10 Å². The smallest absolute Gasteiger partial charge is 0.347 e. The average Bonchev–Trinajstić information content (AvgIpc) is 2.29. The Kier molecular flexibility index (Phi) is 4.97. The van der Waals surface area contributed by atoms with Crippen LogP contribution in [0.3, 0.4) is 0 Å². The van der Waals surface area contributed by atoms with Gasteiger partial charge in [0.15, 0.2) is 0 Å². The average molecular weight is 238 g/mol. The van der Waals surface area contributed by atoms with Crippen LogP contribution in [-0.2, 0) is 9.53 Å². The van der Waals surface area contributed by atoms with E-state index in [9.17, 15) is 4.79 Å². The first kappa shape index (κ1) is 13.5. The molecule has 1 aromatic carbocycles. The summed E-state index contributed by atoms with van der Waals surface area (Å²) in [6.45, 7) is 4.23. The number of methoxy groups -OCH3 is 1. The van der Waals surface area contributed by atoms with Crippen LogP contribution in [0.4, 0.5) is 0 Å². The van der Waals surface area contributed by atoms with Crippen LogP contribution < -0.4 is 4.74 Å². The van der Waals surface area contributed by atoms with Crippen molar-refractivity contribution in [2.24, 2.45) is 0 Å². The molecule has 0 heterocycles. The van der Waals surface area contributed by atoms with Crippen molar-refractivity contribution < 1.29 is 19.4 Å². The Morgan fingerprint density at radius 3 is 2.29 bits per heavy atom. The van der Waals surface area contributed by atoms with Crippen molar-refractivity contribution in [2.75, 3.05) is 13.7 Å². The van der Waals surface area contributed by atoms with Gasteiger partial charge in [0.05, 0.1) is 6.61 Å². The summed E-state index contributed by atoms with van der Waals surface area (Å²) in [4.78, 5) is 10.9. The zero-order chi connectivity index (χ0) is 12.8. The molecule has 0 aliphatic rings. The highest BCUT2D eigenvalue weighted by Crippen LogP contribution is 2.19. The summed E-state index contributed by atoms with van der Waals surface area (Å²) in [5.74, 6) is -0.0445. The van der Waals surface area contributed by atoms with E-state index in [-0.39, 0.29) is 6.61 Å². The second-order valence-corrected chi connectivity index (χ2v) is 4.12. The number of hydrogen-bond acceptors (Lipinski definition) is 3. The molecule has 4 heteroatoms. The van der Waals surface area contributed by atoms with Crippen LogP contribution in [0, 0.1) is 0 Å². The lowest BCUT2D eigenvalue weighted by atomic mass is 10.0. The normalized spacial score (nSPS) is 12.5. The molecule has 1 atom stereocenters. The fraction of sp³-hybridized carbons (Fsp3) is 0.462. The maximum absolute atomic E-state index is 10.9. The standard InChI is InChI=1S/C13H18O4/c1-9(2)10-4-6-11(7-5-10)17-12(8-16-3)13(14)15/h4-7,9,12H,8H2,1-3H3,(H,14,15). The van der Waals surface area contributed by atoms with Crippen molar-refractivity contribution in [3.05, 3.63) is 29.8 Å². The number of benzene rings is 1. The Hall–Kier alpha value is -1.55. The lowest BCUT2D eigenvalue weighted by molar-refractivity contribution is -0.147. The molecule has 0 spiro atoms. The highest BCUT2D eigenvalue weighted by molar-refractivity contribution is 5.72. The quantitative estimate of drug-likeness (QED) is 0.826. The van der Waals surface area contributed by atoms with E-state index in [0.717, 1.165) is 0 Å². The minimum absolute atomic E-state index is 0.0290.